The summed E-state index contributed by atoms with van der Waals surface area (Å²) in [5.74, 6) is 5.73. The van der Waals surface area contributed by atoms with E-state index in [-0.39, 0.29) is 12.0 Å². The van der Waals surface area contributed by atoms with Gasteiger partial charge in [0.2, 0.25) is 0 Å². The van der Waals surface area contributed by atoms with Gasteiger partial charge in [-0.15, -0.1) is 0 Å². The fourth-order valence-electron chi connectivity index (χ4n) is 2.14. The molecule has 1 aliphatic heterocycles. The van der Waals surface area contributed by atoms with E-state index in [0.29, 0.717) is 30.3 Å². The number of hydrogen-bond acceptors (Lipinski definition) is 5. The van der Waals surface area contributed by atoms with Crippen LogP contribution in [0.5, 0.6) is 0 Å². The summed E-state index contributed by atoms with van der Waals surface area (Å²) in [5.41, 5.74) is 2.47. The number of hydrazine groups is 1. The predicted octanol–water partition coefficient (Wildman–Crippen LogP) is 0.0858. The lowest BCUT2D eigenvalue weighted by Crippen LogP contribution is -2.42. The summed E-state index contributed by atoms with van der Waals surface area (Å²) in [4.78, 5) is 13.4. The Balaban J connectivity index is 1.93. The minimum atomic E-state index is -0.364. The molecule has 0 saturated carbocycles. The number of aliphatic hydroxyl groups is 1. The van der Waals surface area contributed by atoms with Crippen molar-refractivity contribution >= 4 is 5.91 Å². The van der Waals surface area contributed by atoms with Crippen molar-refractivity contribution < 1.29 is 14.3 Å². The summed E-state index contributed by atoms with van der Waals surface area (Å²) in [6.45, 7) is 4.22. The van der Waals surface area contributed by atoms with Crippen molar-refractivity contribution in [2.75, 3.05) is 13.1 Å². The molecule has 0 spiro atoms. The highest BCUT2D eigenvalue weighted by Gasteiger charge is 2.24. The number of hydrogen-bond donors (Lipinski definition) is 3. The van der Waals surface area contributed by atoms with Gasteiger partial charge in [-0.1, -0.05) is 6.92 Å². The minimum absolute atomic E-state index is 0.291. The molecule has 0 radical (unpaired) electrons. The molecular formula is C12H19N3O3. The first kappa shape index (κ1) is 13.1. The number of furan rings is 1. The molecule has 4 N–H and O–H groups in total. The number of rotatable bonds is 3. The molecule has 1 saturated heterocycles. The van der Waals surface area contributed by atoms with Gasteiger partial charge in [0.15, 0.2) is 0 Å². The van der Waals surface area contributed by atoms with Gasteiger partial charge < -0.3 is 9.52 Å². The number of likely N-dealkylation sites (tertiary alicyclic amines) is 1. The average molecular weight is 253 g/mol. The third-order valence-electron chi connectivity index (χ3n) is 3.43. The van der Waals surface area contributed by atoms with Crippen LogP contribution in [0, 0.1) is 5.92 Å². The third-order valence-corrected chi connectivity index (χ3v) is 3.43. The maximum Gasteiger partial charge on any atom is 0.268 e. The number of aliphatic hydroxyl groups excluding tert-OH is 1. The van der Waals surface area contributed by atoms with E-state index in [2.05, 4.69) is 17.2 Å². The number of nitrogen functional groups attached to an aromatic ring is 1. The molecule has 1 aromatic heterocycles. The molecule has 2 unspecified atom stereocenters. The number of nitrogens with zero attached hydrogens (tertiary/aromatic N) is 1. The van der Waals surface area contributed by atoms with E-state index >= 15 is 0 Å². The second kappa shape index (κ2) is 5.51. The van der Waals surface area contributed by atoms with E-state index in [9.17, 15) is 9.90 Å². The fourth-order valence-corrected chi connectivity index (χ4v) is 2.14. The Morgan fingerprint density at radius 2 is 2.50 bits per heavy atom. The van der Waals surface area contributed by atoms with Crippen molar-refractivity contribution in [1.29, 1.82) is 0 Å². The first-order valence-corrected chi connectivity index (χ1v) is 6.09. The molecule has 1 amide bonds. The lowest BCUT2D eigenvalue weighted by Gasteiger charge is -2.33. The van der Waals surface area contributed by atoms with Gasteiger partial charge >= 0.3 is 0 Å². The first-order valence-electron chi connectivity index (χ1n) is 6.09. The number of carbonyl (C=O) groups excluding carboxylic acids is 1. The summed E-state index contributed by atoms with van der Waals surface area (Å²) >= 11 is 0. The van der Waals surface area contributed by atoms with Gasteiger partial charge in [0, 0.05) is 6.54 Å². The SMILES string of the molecule is CC1CCN(Cc2cc(C(=O)NN)co2)CC1O. The summed E-state index contributed by atoms with van der Waals surface area (Å²) in [6, 6.07) is 1.67. The van der Waals surface area contributed by atoms with Gasteiger partial charge in [0.1, 0.15) is 12.0 Å². The van der Waals surface area contributed by atoms with Crippen molar-refractivity contribution in [2.24, 2.45) is 11.8 Å². The third kappa shape index (κ3) is 2.90. The molecule has 0 aliphatic carbocycles. The van der Waals surface area contributed by atoms with Crippen molar-refractivity contribution in [1.82, 2.24) is 10.3 Å². The molecule has 0 aromatic carbocycles. The van der Waals surface area contributed by atoms with Crippen molar-refractivity contribution in [2.45, 2.75) is 26.0 Å². The maximum absolute atomic E-state index is 11.3. The molecule has 6 nitrogen and oxygen atoms in total. The van der Waals surface area contributed by atoms with Gasteiger partial charge in [0.25, 0.3) is 5.91 Å². The summed E-state index contributed by atoms with van der Waals surface area (Å²) in [7, 11) is 0. The monoisotopic (exact) mass is 253 g/mol. The first-order chi connectivity index (χ1) is 8.60. The number of β-amino-alcohol motifs (C(OH)–C–C–N with tert-alkyl or cyclic N) is 1. The standard InChI is InChI=1S/C12H19N3O3/c1-8-2-3-15(6-11(8)16)5-10-4-9(7-18-10)12(17)14-13/h4,7-8,11,16H,2-3,5-6,13H2,1H3,(H,14,17). The number of nitrogens with one attached hydrogen (secondary N) is 1. The number of nitrogens with two attached hydrogens (primary N) is 1. The molecule has 0 bridgehead atoms. The van der Waals surface area contributed by atoms with Crippen LogP contribution in [0.1, 0.15) is 29.5 Å². The molecule has 100 valence electrons. The van der Waals surface area contributed by atoms with E-state index in [1.54, 1.807) is 6.07 Å². The number of amides is 1. The fraction of sp³-hybridized carbons (Fsp3) is 0.583. The molecule has 18 heavy (non-hydrogen) atoms. The van der Waals surface area contributed by atoms with Crippen LogP contribution in [0.3, 0.4) is 0 Å². The molecule has 2 rings (SSSR count). The highest BCUT2D eigenvalue weighted by Crippen LogP contribution is 2.19. The van der Waals surface area contributed by atoms with Crippen LogP contribution < -0.4 is 11.3 Å². The van der Waals surface area contributed by atoms with Gasteiger partial charge in [-0.3, -0.25) is 15.1 Å². The van der Waals surface area contributed by atoms with Crippen molar-refractivity contribution in [3.63, 3.8) is 0 Å². The second-order valence-corrected chi connectivity index (χ2v) is 4.84. The predicted molar refractivity (Wildman–Crippen MR) is 65.4 cm³/mol. The Labute approximate surface area is 106 Å². The highest BCUT2D eigenvalue weighted by atomic mass is 16.3. The van der Waals surface area contributed by atoms with Crippen LogP contribution in [0.25, 0.3) is 0 Å². The Hall–Kier alpha value is -1.37. The average Bonchev–Trinajstić information content (AvgIpc) is 2.81. The van der Waals surface area contributed by atoms with Crippen molar-refractivity contribution in [3.05, 3.63) is 23.7 Å². The summed E-state index contributed by atoms with van der Waals surface area (Å²) < 4.78 is 5.31. The Morgan fingerprint density at radius 1 is 1.72 bits per heavy atom. The van der Waals surface area contributed by atoms with Gasteiger partial charge in [-0.2, -0.15) is 0 Å². The molecule has 1 aromatic rings. The minimum Gasteiger partial charge on any atom is -0.467 e. The normalized spacial score (nSPS) is 25.1. The molecule has 1 aliphatic rings. The lowest BCUT2D eigenvalue weighted by atomic mass is 9.96. The lowest BCUT2D eigenvalue weighted by molar-refractivity contribution is 0.0234. The van der Waals surface area contributed by atoms with Crippen LogP contribution >= 0.6 is 0 Å². The highest BCUT2D eigenvalue weighted by molar-refractivity contribution is 5.93. The van der Waals surface area contributed by atoms with Gasteiger partial charge in [0.05, 0.1) is 18.2 Å². The van der Waals surface area contributed by atoms with Crippen LogP contribution in [-0.4, -0.2) is 35.1 Å². The smallest absolute Gasteiger partial charge is 0.268 e. The Kier molecular flexibility index (Phi) is 4.00. The molecule has 1 fully saturated rings. The van der Waals surface area contributed by atoms with Crippen LogP contribution in [0.4, 0.5) is 0 Å². The Morgan fingerprint density at radius 3 is 3.17 bits per heavy atom. The van der Waals surface area contributed by atoms with E-state index in [1.807, 2.05) is 0 Å². The van der Waals surface area contributed by atoms with Gasteiger partial charge in [-0.25, -0.2) is 5.84 Å². The van der Waals surface area contributed by atoms with Crippen LogP contribution in [-0.2, 0) is 6.54 Å². The zero-order valence-corrected chi connectivity index (χ0v) is 10.4. The van der Waals surface area contributed by atoms with E-state index in [0.717, 1.165) is 13.0 Å². The Bertz CT molecular complexity index is 418. The van der Waals surface area contributed by atoms with Crippen molar-refractivity contribution in [3.8, 4) is 0 Å². The molecular weight excluding hydrogens is 234 g/mol. The zero-order chi connectivity index (χ0) is 13.1. The summed E-state index contributed by atoms with van der Waals surface area (Å²) in [5, 5.41) is 9.80. The van der Waals surface area contributed by atoms with Crippen LogP contribution in [0.2, 0.25) is 0 Å². The second-order valence-electron chi connectivity index (χ2n) is 4.84. The molecule has 2 heterocycles. The largest absolute Gasteiger partial charge is 0.467 e. The number of carbonyl (C=O) groups is 1. The molecule has 2 atom stereocenters. The van der Waals surface area contributed by atoms with E-state index < -0.39 is 0 Å². The number of piperidine rings is 1. The zero-order valence-electron chi connectivity index (χ0n) is 10.4. The van der Waals surface area contributed by atoms with E-state index in [4.69, 9.17) is 10.3 Å². The topological polar surface area (TPSA) is 91.7 Å². The molecule has 6 heteroatoms. The summed E-state index contributed by atoms with van der Waals surface area (Å²) in [6.07, 6.45) is 2.07. The van der Waals surface area contributed by atoms with E-state index in [1.165, 1.54) is 6.26 Å². The maximum atomic E-state index is 11.3. The van der Waals surface area contributed by atoms with Gasteiger partial charge in [-0.05, 0) is 24.9 Å². The quantitative estimate of drug-likeness (QED) is 0.403. The van der Waals surface area contributed by atoms with Crippen LogP contribution in [0.15, 0.2) is 16.7 Å².